The summed E-state index contributed by atoms with van der Waals surface area (Å²) in [5.41, 5.74) is 8.21. The zero-order chi connectivity index (χ0) is 28.0. The van der Waals surface area contributed by atoms with Gasteiger partial charge in [-0.25, -0.2) is 0 Å². The number of anilines is 4. The molecule has 1 N–H and O–H groups in total. The molecule has 5 nitrogen and oxygen atoms in total. The number of hydrogen-bond acceptors (Lipinski definition) is 4. The molecule has 5 heteroatoms. The van der Waals surface area contributed by atoms with Crippen LogP contribution in [0.25, 0.3) is 23.1 Å². The Balaban J connectivity index is 1.29. The molecule has 0 radical (unpaired) electrons. The van der Waals surface area contributed by atoms with Crippen LogP contribution in [0.5, 0.6) is 0 Å². The Labute approximate surface area is 242 Å². The van der Waals surface area contributed by atoms with Crippen LogP contribution in [-0.2, 0) is 7.05 Å². The maximum Gasteiger partial charge on any atom is 0.214 e. The number of para-hydroxylation sites is 3. The molecule has 0 unspecified atom stereocenters. The zero-order valence-corrected chi connectivity index (χ0v) is 23.6. The predicted molar refractivity (Wildman–Crippen MR) is 171 cm³/mol. The predicted octanol–water partition coefficient (Wildman–Crippen LogP) is 6.42. The lowest BCUT2D eigenvalue weighted by atomic mass is 10.1. The van der Waals surface area contributed by atoms with Gasteiger partial charge in [-0.1, -0.05) is 60.7 Å². The standard InChI is InChI=1S/C36H37N4O/c1-37-33(28-36(34-14-8-9-15-35(34)37)39-24-22-38(23-25-39)26-27-41)21-18-29-16-19-32(20-17-29)40(30-10-4-2-5-11-30)31-12-6-3-7-13-31/h2-21,28,41H,22-27H2,1H3/q+1. The van der Waals surface area contributed by atoms with Crippen molar-refractivity contribution in [1.82, 2.24) is 4.90 Å². The molecule has 206 valence electrons. The van der Waals surface area contributed by atoms with Crippen LogP contribution in [0.15, 0.2) is 115 Å². The van der Waals surface area contributed by atoms with E-state index >= 15 is 0 Å². The van der Waals surface area contributed by atoms with Crippen molar-refractivity contribution in [3.63, 3.8) is 0 Å². The van der Waals surface area contributed by atoms with Crippen LogP contribution >= 0.6 is 0 Å². The van der Waals surface area contributed by atoms with Gasteiger partial charge in [0.1, 0.15) is 7.05 Å². The molecule has 2 heterocycles. The number of pyridine rings is 1. The van der Waals surface area contributed by atoms with Crippen molar-refractivity contribution in [2.75, 3.05) is 49.1 Å². The molecule has 0 saturated carbocycles. The molecular weight excluding hydrogens is 504 g/mol. The summed E-state index contributed by atoms with van der Waals surface area (Å²) in [5, 5.41) is 10.6. The van der Waals surface area contributed by atoms with Crippen LogP contribution in [0.4, 0.5) is 22.7 Å². The smallest absolute Gasteiger partial charge is 0.214 e. The molecule has 1 saturated heterocycles. The molecule has 5 aromatic rings. The van der Waals surface area contributed by atoms with E-state index in [-0.39, 0.29) is 6.61 Å². The molecule has 1 fully saturated rings. The fourth-order valence-electron chi connectivity index (χ4n) is 5.73. The summed E-state index contributed by atoms with van der Waals surface area (Å²) >= 11 is 0. The van der Waals surface area contributed by atoms with Crippen molar-refractivity contribution in [2.45, 2.75) is 0 Å². The van der Waals surface area contributed by atoms with Crippen molar-refractivity contribution in [3.8, 4) is 0 Å². The fourth-order valence-corrected chi connectivity index (χ4v) is 5.73. The summed E-state index contributed by atoms with van der Waals surface area (Å²) in [7, 11) is 2.14. The SMILES string of the molecule is C[n+]1c(/C=C/c2ccc(N(c3ccccc3)c3ccccc3)cc2)cc(N2CCN(CCO)CC2)c2ccccc21. The van der Waals surface area contributed by atoms with Gasteiger partial charge in [0, 0.05) is 68.0 Å². The van der Waals surface area contributed by atoms with E-state index in [1.54, 1.807) is 0 Å². The lowest BCUT2D eigenvalue weighted by Gasteiger charge is -2.36. The molecule has 4 aromatic carbocycles. The number of rotatable bonds is 8. The lowest BCUT2D eigenvalue weighted by molar-refractivity contribution is -0.646. The third-order valence-electron chi connectivity index (χ3n) is 7.97. The summed E-state index contributed by atoms with van der Waals surface area (Å²) in [5.74, 6) is 0. The number of aromatic nitrogens is 1. The minimum absolute atomic E-state index is 0.219. The number of β-amino-alcohol motifs (C(OH)–C–C–N with tert-alkyl or cyclic N) is 1. The molecule has 6 rings (SSSR count). The highest BCUT2D eigenvalue weighted by atomic mass is 16.3. The third kappa shape index (κ3) is 5.87. The van der Waals surface area contributed by atoms with E-state index in [4.69, 9.17) is 0 Å². The molecule has 0 atom stereocenters. The number of aliphatic hydroxyl groups excluding tert-OH is 1. The Hall–Kier alpha value is -4.45. The van der Waals surface area contributed by atoms with Crippen LogP contribution in [-0.4, -0.2) is 49.3 Å². The van der Waals surface area contributed by atoms with E-state index in [2.05, 4.69) is 154 Å². The Morgan fingerprint density at radius 3 is 1.93 bits per heavy atom. The van der Waals surface area contributed by atoms with Crippen molar-refractivity contribution < 1.29 is 9.67 Å². The summed E-state index contributed by atoms with van der Waals surface area (Å²) in [6.07, 6.45) is 4.42. The molecule has 1 aliphatic rings. The number of aliphatic hydroxyl groups is 1. The quantitative estimate of drug-likeness (QED) is 0.230. The van der Waals surface area contributed by atoms with Gasteiger partial charge in [0.05, 0.1) is 17.7 Å². The second-order valence-corrected chi connectivity index (χ2v) is 10.5. The Kier molecular flexibility index (Phi) is 8.08. The number of aryl methyl sites for hydroxylation is 1. The molecule has 41 heavy (non-hydrogen) atoms. The highest BCUT2D eigenvalue weighted by molar-refractivity contribution is 5.91. The highest BCUT2D eigenvalue weighted by Gasteiger charge is 2.22. The van der Waals surface area contributed by atoms with E-state index in [0.29, 0.717) is 0 Å². The van der Waals surface area contributed by atoms with Crippen LogP contribution in [0.2, 0.25) is 0 Å². The average Bonchev–Trinajstić information content (AvgIpc) is 3.03. The van der Waals surface area contributed by atoms with Gasteiger partial charge in [-0.05, 0) is 54.1 Å². The third-order valence-corrected chi connectivity index (χ3v) is 7.97. The first kappa shape index (κ1) is 26.8. The van der Waals surface area contributed by atoms with E-state index in [1.807, 2.05) is 0 Å². The number of nitrogens with zero attached hydrogens (tertiary/aromatic N) is 4. The van der Waals surface area contributed by atoms with Crippen molar-refractivity contribution in [2.24, 2.45) is 7.05 Å². The Morgan fingerprint density at radius 2 is 1.29 bits per heavy atom. The van der Waals surface area contributed by atoms with Gasteiger partial charge in [0.2, 0.25) is 11.2 Å². The topological polar surface area (TPSA) is 33.8 Å². The average molecular weight is 542 g/mol. The second-order valence-electron chi connectivity index (χ2n) is 10.5. The highest BCUT2D eigenvalue weighted by Crippen LogP contribution is 2.34. The maximum atomic E-state index is 9.34. The van der Waals surface area contributed by atoms with Gasteiger partial charge in [0.15, 0.2) is 0 Å². The minimum atomic E-state index is 0.219. The summed E-state index contributed by atoms with van der Waals surface area (Å²) in [4.78, 5) is 7.11. The van der Waals surface area contributed by atoms with Gasteiger partial charge in [-0.15, -0.1) is 0 Å². The fraction of sp³-hybridized carbons (Fsp3) is 0.194. The molecular formula is C36H37N4O+. The zero-order valence-electron chi connectivity index (χ0n) is 23.6. The lowest BCUT2D eigenvalue weighted by Crippen LogP contribution is -2.47. The first-order chi connectivity index (χ1) is 20.2. The molecule has 0 bridgehead atoms. The Bertz CT molecular complexity index is 1570. The first-order valence-corrected chi connectivity index (χ1v) is 14.4. The van der Waals surface area contributed by atoms with Gasteiger partial charge in [0.25, 0.3) is 0 Å². The number of fused-ring (bicyclic) bond motifs is 1. The molecule has 0 amide bonds. The van der Waals surface area contributed by atoms with E-state index in [0.717, 1.165) is 61.0 Å². The van der Waals surface area contributed by atoms with E-state index < -0.39 is 0 Å². The van der Waals surface area contributed by atoms with Crippen molar-refractivity contribution in [1.29, 1.82) is 0 Å². The monoisotopic (exact) mass is 541 g/mol. The first-order valence-electron chi connectivity index (χ1n) is 14.4. The number of hydrogen-bond donors (Lipinski definition) is 1. The molecule has 0 aliphatic carbocycles. The summed E-state index contributed by atoms with van der Waals surface area (Å²) < 4.78 is 2.28. The van der Waals surface area contributed by atoms with Gasteiger partial charge < -0.3 is 14.9 Å². The normalized spacial score (nSPS) is 14.1. The second kappa shape index (κ2) is 12.4. The molecule has 1 aromatic heterocycles. The van der Waals surface area contributed by atoms with Crippen molar-refractivity contribution >= 4 is 45.8 Å². The Morgan fingerprint density at radius 1 is 0.707 bits per heavy atom. The number of benzene rings is 4. The number of piperazine rings is 1. The minimum Gasteiger partial charge on any atom is -0.395 e. The van der Waals surface area contributed by atoms with Gasteiger partial charge in [-0.2, -0.15) is 4.57 Å². The van der Waals surface area contributed by atoms with Crippen LogP contribution in [0.3, 0.4) is 0 Å². The summed E-state index contributed by atoms with van der Waals surface area (Å²) in [6, 6.07) is 40.7. The maximum absolute atomic E-state index is 9.34. The van der Waals surface area contributed by atoms with Crippen molar-refractivity contribution in [3.05, 3.63) is 127 Å². The van der Waals surface area contributed by atoms with Gasteiger partial charge in [-0.3, -0.25) is 4.90 Å². The van der Waals surface area contributed by atoms with Crippen LogP contribution in [0.1, 0.15) is 11.3 Å². The van der Waals surface area contributed by atoms with Crippen LogP contribution in [0, 0.1) is 0 Å². The molecule has 0 spiro atoms. The van der Waals surface area contributed by atoms with Gasteiger partial charge >= 0.3 is 0 Å². The van der Waals surface area contributed by atoms with Crippen LogP contribution < -0.4 is 14.4 Å². The van der Waals surface area contributed by atoms with E-state index in [1.165, 1.54) is 16.6 Å². The largest absolute Gasteiger partial charge is 0.395 e. The summed E-state index contributed by atoms with van der Waals surface area (Å²) in [6.45, 7) is 4.83. The molecule has 1 aliphatic heterocycles. The van der Waals surface area contributed by atoms with E-state index in [9.17, 15) is 5.11 Å².